The van der Waals surface area contributed by atoms with Gasteiger partial charge in [-0.05, 0) is 65.1 Å². The third-order valence-corrected chi connectivity index (χ3v) is 8.63. The third-order valence-electron chi connectivity index (χ3n) is 8.63. The van der Waals surface area contributed by atoms with Gasteiger partial charge in [0.25, 0.3) is 0 Å². The second-order valence-corrected chi connectivity index (χ2v) is 11.6. The van der Waals surface area contributed by atoms with Gasteiger partial charge in [0.05, 0.1) is 25.4 Å². The molecule has 0 aliphatic heterocycles. The Hall–Kier alpha value is -5.04. The molecule has 5 rings (SSSR count). The van der Waals surface area contributed by atoms with Crippen molar-refractivity contribution in [1.82, 2.24) is 0 Å². The molecule has 2 N–H and O–H groups in total. The number of rotatable bonds is 15. The molecule has 5 aromatic carbocycles. The summed E-state index contributed by atoms with van der Waals surface area (Å²) < 4.78 is 11.7. The van der Waals surface area contributed by atoms with Gasteiger partial charge in [0.15, 0.2) is 0 Å². The van der Waals surface area contributed by atoms with Gasteiger partial charge >= 0.3 is 11.9 Å². The van der Waals surface area contributed by atoms with Crippen LogP contribution < -0.4 is 0 Å². The van der Waals surface area contributed by atoms with Gasteiger partial charge in [-0.15, -0.1) is 0 Å². The van der Waals surface area contributed by atoms with Gasteiger partial charge in [-0.25, -0.2) is 4.79 Å². The van der Waals surface area contributed by atoms with Crippen LogP contribution in [0.1, 0.15) is 50.2 Å². The van der Waals surface area contributed by atoms with Crippen molar-refractivity contribution in [1.29, 1.82) is 0 Å². The average Bonchev–Trinajstić information content (AvgIpc) is 3.12. The molecule has 0 fully saturated rings. The predicted molar refractivity (Wildman–Crippen MR) is 182 cm³/mol. The maximum Gasteiger partial charge on any atom is 0.338 e. The fraction of sp³-hybridized carbons (Fsp3) is 0.220. The summed E-state index contributed by atoms with van der Waals surface area (Å²) in [7, 11) is 1.38. The highest BCUT2D eigenvalue weighted by molar-refractivity contribution is 5.91. The number of benzene rings is 5. The number of aliphatic carboxylic acids is 1. The number of carbonyl (C=O) groups excluding carboxylic acids is 1. The molecule has 0 aromatic heterocycles. The fourth-order valence-electron chi connectivity index (χ4n) is 6.11. The van der Waals surface area contributed by atoms with E-state index >= 15 is 0 Å². The van der Waals surface area contributed by atoms with Crippen LogP contribution in [0.15, 0.2) is 140 Å². The van der Waals surface area contributed by atoms with E-state index < -0.39 is 23.6 Å². The molecule has 240 valence electrons. The second kappa shape index (κ2) is 16.0. The smallest absolute Gasteiger partial charge is 0.338 e. The first kappa shape index (κ1) is 33.3. The van der Waals surface area contributed by atoms with Crippen LogP contribution in [0.4, 0.5) is 0 Å². The van der Waals surface area contributed by atoms with Crippen molar-refractivity contribution in [3.05, 3.63) is 178 Å². The Labute approximate surface area is 276 Å². The van der Waals surface area contributed by atoms with Crippen molar-refractivity contribution in [3.63, 3.8) is 0 Å². The molecule has 2 atom stereocenters. The van der Waals surface area contributed by atoms with E-state index in [1.807, 2.05) is 127 Å². The van der Waals surface area contributed by atoms with Crippen molar-refractivity contribution < 1.29 is 29.3 Å². The van der Waals surface area contributed by atoms with Crippen molar-refractivity contribution in [2.75, 3.05) is 13.7 Å². The average molecular weight is 629 g/mol. The van der Waals surface area contributed by atoms with Gasteiger partial charge in [-0.3, -0.25) is 4.79 Å². The monoisotopic (exact) mass is 628 g/mol. The number of ether oxygens (including phenoxy) is 2. The molecular weight excluding hydrogens is 588 g/mol. The lowest BCUT2D eigenvalue weighted by atomic mass is 9.80. The van der Waals surface area contributed by atoms with Crippen molar-refractivity contribution in [3.8, 4) is 0 Å². The van der Waals surface area contributed by atoms with Crippen LogP contribution in [0, 0.1) is 5.92 Å². The van der Waals surface area contributed by atoms with E-state index in [0.717, 1.165) is 39.8 Å². The maximum atomic E-state index is 12.6. The summed E-state index contributed by atoms with van der Waals surface area (Å²) >= 11 is 0. The van der Waals surface area contributed by atoms with Crippen LogP contribution in [-0.4, -0.2) is 42.0 Å². The highest BCUT2D eigenvalue weighted by Crippen LogP contribution is 2.41. The van der Waals surface area contributed by atoms with E-state index in [1.54, 1.807) is 6.07 Å². The van der Waals surface area contributed by atoms with Crippen LogP contribution in [0.5, 0.6) is 0 Å². The summed E-state index contributed by atoms with van der Waals surface area (Å²) in [6.07, 6.45) is 1.00. The first-order valence-corrected chi connectivity index (χ1v) is 15.9. The SMILES string of the molecule is COC(=O)c1ccccc1CCc1cccc(CC[C@@H](O)[C@@H](COC(c2ccccc2)(c2ccccc2)c2ccccc2)C(=O)O)c1. The lowest BCUT2D eigenvalue weighted by Gasteiger charge is -2.37. The van der Waals surface area contributed by atoms with Crippen LogP contribution in [0.3, 0.4) is 0 Å². The zero-order chi connectivity index (χ0) is 33.1. The van der Waals surface area contributed by atoms with Gasteiger partial charge in [0.2, 0.25) is 0 Å². The predicted octanol–water partition coefficient (Wildman–Crippen LogP) is 7.26. The number of aliphatic hydroxyl groups excluding tert-OH is 1. The molecule has 0 saturated heterocycles. The topological polar surface area (TPSA) is 93.1 Å². The Morgan fingerprint density at radius 2 is 1.17 bits per heavy atom. The highest BCUT2D eigenvalue weighted by atomic mass is 16.5. The molecular formula is C41H40O6. The van der Waals surface area contributed by atoms with E-state index in [4.69, 9.17) is 9.47 Å². The van der Waals surface area contributed by atoms with Gasteiger partial charge in [0, 0.05) is 0 Å². The molecule has 0 bridgehead atoms. The number of hydrogen-bond acceptors (Lipinski definition) is 5. The summed E-state index contributed by atoms with van der Waals surface area (Å²) in [4.78, 5) is 24.8. The molecule has 0 aliphatic rings. The molecule has 0 radical (unpaired) electrons. The molecule has 6 nitrogen and oxygen atoms in total. The van der Waals surface area contributed by atoms with Gasteiger partial charge in [-0.2, -0.15) is 0 Å². The lowest BCUT2D eigenvalue weighted by Crippen LogP contribution is -2.39. The molecule has 0 heterocycles. The summed E-state index contributed by atoms with van der Waals surface area (Å²) in [6.45, 7) is -0.200. The number of aryl methyl sites for hydroxylation is 3. The third kappa shape index (κ3) is 8.04. The van der Waals surface area contributed by atoms with Crippen LogP contribution in [0.2, 0.25) is 0 Å². The van der Waals surface area contributed by atoms with Gasteiger partial charge in [-0.1, -0.05) is 133 Å². The van der Waals surface area contributed by atoms with E-state index in [-0.39, 0.29) is 19.0 Å². The van der Waals surface area contributed by atoms with E-state index in [2.05, 4.69) is 6.07 Å². The van der Waals surface area contributed by atoms with Gasteiger partial charge < -0.3 is 19.7 Å². The largest absolute Gasteiger partial charge is 0.481 e. The number of methoxy groups -OCH3 is 1. The minimum atomic E-state index is -1.15. The Bertz CT molecular complexity index is 1640. The van der Waals surface area contributed by atoms with Crippen molar-refractivity contribution >= 4 is 11.9 Å². The number of aliphatic hydroxyl groups is 1. The lowest BCUT2D eigenvalue weighted by molar-refractivity contribution is -0.151. The molecule has 5 aromatic rings. The van der Waals surface area contributed by atoms with Gasteiger partial charge in [0.1, 0.15) is 11.5 Å². The number of carbonyl (C=O) groups is 2. The van der Waals surface area contributed by atoms with Crippen LogP contribution in [-0.2, 0) is 39.1 Å². The minimum Gasteiger partial charge on any atom is -0.481 e. The Kier molecular flexibility index (Phi) is 11.3. The number of carboxylic acid groups (broad SMARTS) is 1. The molecule has 0 spiro atoms. The zero-order valence-electron chi connectivity index (χ0n) is 26.5. The van der Waals surface area contributed by atoms with E-state index in [0.29, 0.717) is 18.4 Å². The Balaban J connectivity index is 1.31. The van der Waals surface area contributed by atoms with Crippen LogP contribution in [0.25, 0.3) is 0 Å². The quantitative estimate of drug-likeness (QED) is 0.0937. The summed E-state index contributed by atoms with van der Waals surface area (Å²) in [5.41, 5.74) is 5.08. The Morgan fingerprint density at radius 3 is 1.70 bits per heavy atom. The normalized spacial score (nSPS) is 12.6. The maximum absolute atomic E-state index is 12.6. The first-order valence-electron chi connectivity index (χ1n) is 15.9. The van der Waals surface area contributed by atoms with E-state index in [1.165, 1.54) is 7.11 Å². The highest BCUT2D eigenvalue weighted by Gasteiger charge is 2.40. The van der Waals surface area contributed by atoms with E-state index in [9.17, 15) is 19.8 Å². The van der Waals surface area contributed by atoms with Crippen molar-refractivity contribution in [2.45, 2.75) is 37.4 Å². The van der Waals surface area contributed by atoms with Crippen molar-refractivity contribution in [2.24, 2.45) is 5.92 Å². The first-order chi connectivity index (χ1) is 22.9. The standard InChI is InChI=1S/C41H40O6/c1-46-40(45)36-23-12-11-16-32(36)26-24-30-14-13-15-31(28-30)25-27-38(42)37(39(43)44)29-47-41(33-17-5-2-6-18-33,34-19-7-3-8-20-34)35-21-9-4-10-22-35/h2-23,28,37-38,42H,24-27,29H2,1H3,(H,43,44)/t37-,38-/m1/s1. The second-order valence-electron chi connectivity index (χ2n) is 11.6. The fourth-order valence-corrected chi connectivity index (χ4v) is 6.11. The molecule has 0 aliphatic carbocycles. The Morgan fingerprint density at radius 1 is 0.660 bits per heavy atom. The number of carboxylic acids is 1. The molecule has 0 unspecified atom stereocenters. The minimum absolute atomic E-state index is 0.200. The summed E-state index contributed by atoms with van der Waals surface area (Å²) in [6, 6.07) is 44.8. The summed E-state index contributed by atoms with van der Waals surface area (Å²) in [5, 5.41) is 21.5. The molecule has 6 heteroatoms. The number of hydrogen-bond donors (Lipinski definition) is 2. The summed E-state index contributed by atoms with van der Waals surface area (Å²) in [5.74, 6) is -2.61. The molecule has 0 amide bonds. The zero-order valence-corrected chi connectivity index (χ0v) is 26.5. The molecule has 47 heavy (non-hydrogen) atoms. The van der Waals surface area contributed by atoms with Crippen LogP contribution >= 0.6 is 0 Å². The number of esters is 1. The molecule has 0 saturated carbocycles.